The summed E-state index contributed by atoms with van der Waals surface area (Å²) < 4.78 is 0.882. The van der Waals surface area contributed by atoms with Gasteiger partial charge in [-0.3, -0.25) is 24.1 Å². The number of nitrogens with one attached hydrogen (secondary N) is 6. The topological polar surface area (TPSA) is 245 Å². The molecule has 0 bridgehead atoms. The highest BCUT2D eigenvalue weighted by atomic mass is 16.3. The molecule has 0 radical (unpaired) electrons. The Morgan fingerprint density at radius 2 is 0.921 bits per heavy atom. The van der Waals surface area contributed by atoms with Crippen LogP contribution in [0.5, 0.6) is 0 Å². The largest absolute Gasteiger partial charge is 0.386 e. The molecular formula is C58H114N8O10+2. The average molecular weight is 1080 g/mol. The lowest BCUT2D eigenvalue weighted by Crippen LogP contribution is -3.13. The summed E-state index contributed by atoms with van der Waals surface area (Å²) in [4.78, 5) is 94.5. The van der Waals surface area contributed by atoms with Gasteiger partial charge in [-0.1, -0.05) is 26.7 Å². The SMILES string of the molecule is CCCCNCCCC(=O)CCCCC(C)=O.CCCC[NH+](CCCC(=O)CCCCC(C)=O)CC(O)CN(CCNC)CCNC(=O)CCCCC(C)=O.CNCC[N+]1(CCNC(=O)CCCCC(C)=O)CC(O)C1. The summed E-state index contributed by atoms with van der Waals surface area (Å²) >= 11 is 0. The lowest BCUT2D eigenvalue weighted by atomic mass is 10.1. The summed E-state index contributed by atoms with van der Waals surface area (Å²) in [6.07, 6.45) is 17.6. The predicted molar refractivity (Wildman–Crippen MR) is 305 cm³/mol. The summed E-state index contributed by atoms with van der Waals surface area (Å²) in [5, 5.41) is 35.9. The first-order chi connectivity index (χ1) is 36.3. The van der Waals surface area contributed by atoms with Gasteiger partial charge in [0, 0.05) is 110 Å². The maximum absolute atomic E-state index is 12.2. The van der Waals surface area contributed by atoms with Crippen molar-refractivity contribution in [2.75, 3.05) is 119 Å². The molecule has 1 aliphatic rings. The van der Waals surface area contributed by atoms with Gasteiger partial charge in [0.05, 0.1) is 32.7 Å². The average Bonchev–Trinajstić information content (AvgIpc) is 3.35. The molecule has 0 saturated carbocycles. The standard InChI is InChI=1S/C29H56N4O5.C15H29N3O3.C14H27NO2/c1-5-6-19-32(20-11-15-27(36)14-9-7-12-25(2)34)23-28(37)24-33(21-17-30-4)22-18-31-29(38)16-10-8-13-26(3)35;1-13(19)5-3-4-6-15(21)17-8-10-18(9-7-16-2)11-14(20)12-18;1-3-4-11-15-12-7-10-14(17)9-6-5-8-13(2)16/h28,30,37H,5-24H2,1-4H3,(H,31,38);14,16,20H,3-12H2,1-2H3;15H,3-12H2,1-2H3/p+2. The number of ketones is 6. The second-order valence-electron chi connectivity index (χ2n) is 21.5. The Hall–Kier alpha value is -3.36. The Morgan fingerprint density at radius 3 is 1.39 bits per heavy atom. The number of likely N-dealkylation sites (N-methyl/N-ethyl adjacent to an activating group) is 2. The minimum absolute atomic E-state index is 0.00579. The van der Waals surface area contributed by atoms with Gasteiger partial charge in [0.25, 0.3) is 0 Å². The highest BCUT2D eigenvalue weighted by molar-refractivity contribution is 5.79. The van der Waals surface area contributed by atoms with Gasteiger partial charge in [0.15, 0.2) is 6.10 Å². The fourth-order valence-corrected chi connectivity index (χ4v) is 8.98. The van der Waals surface area contributed by atoms with Crippen LogP contribution in [-0.2, 0) is 38.4 Å². The second kappa shape index (κ2) is 51.1. The van der Waals surface area contributed by atoms with Crippen molar-refractivity contribution in [3.8, 4) is 0 Å². The second-order valence-corrected chi connectivity index (χ2v) is 21.5. The van der Waals surface area contributed by atoms with Crippen molar-refractivity contribution in [2.45, 2.75) is 208 Å². The van der Waals surface area contributed by atoms with E-state index in [0.717, 1.165) is 154 Å². The maximum atomic E-state index is 12.2. The maximum Gasteiger partial charge on any atom is 0.220 e. The number of aliphatic hydroxyl groups is 2. The van der Waals surface area contributed by atoms with E-state index in [1.165, 1.54) is 17.7 Å². The number of nitrogens with zero attached hydrogens (tertiary/aromatic N) is 2. The fraction of sp³-hybridized carbons (Fsp3) is 0.862. The number of carbonyl (C=O) groups excluding carboxylic acids is 8. The van der Waals surface area contributed by atoms with Crippen LogP contribution in [0.3, 0.4) is 0 Å². The number of quaternary nitrogens is 2. The van der Waals surface area contributed by atoms with Gasteiger partial charge in [-0.15, -0.1) is 0 Å². The zero-order valence-corrected chi connectivity index (χ0v) is 49.5. The van der Waals surface area contributed by atoms with Crippen LogP contribution in [0.15, 0.2) is 0 Å². The highest BCUT2D eigenvalue weighted by Crippen LogP contribution is 2.19. The number of carbonyl (C=O) groups is 8. The molecule has 0 aromatic heterocycles. The minimum atomic E-state index is -0.483. The van der Waals surface area contributed by atoms with Gasteiger partial charge in [-0.25, -0.2) is 0 Å². The predicted octanol–water partition coefficient (Wildman–Crippen LogP) is 3.86. The van der Waals surface area contributed by atoms with Crippen LogP contribution in [-0.4, -0.2) is 197 Å². The van der Waals surface area contributed by atoms with E-state index in [-0.39, 0.29) is 46.8 Å². The quantitative estimate of drug-likeness (QED) is 0.0319. The summed E-state index contributed by atoms with van der Waals surface area (Å²) in [7, 11) is 3.83. The van der Waals surface area contributed by atoms with Gasteiger partial charge in [0.1, 0.15) is 60.4 Å². The van der Waals surface area contributed by atoms with Gasteiger partial charge in [0.2, 0.25) is 11.8 Å². The molecule has 0 aliphatic carbocycles. The molecule has 2 unspecified atom stereocenters. The van der Waals surface area contributed by atoms with E-state index in [4.69, 9.17) is 0 Å². The van der Waals surface area contributed by atoms with Crippen LogP contribution in [0, 0.1) is 0 Å². The third-order valence-corrected chi connectivity index (χ3v) is 13.6. The first kappa shape index (κ1) is 74.7. The molecule has 0 aromatic carbocycles. The lowest BCUT2D eigenvalue weighted by Gasteiger charge is -2.48. The van der Waals surface area contributed by atoms with Crippen LogP contribution in [0.2, 0.25) is 0 Å². The minimum Gasteiger partial charge on any atom is -0.386 e. The molecule has 2 atom stereocenters. The first-order valence-electron chi connectivity index (χ1n) is 29.6. The molecule has 1 heterocycles. The van der Waals surface area contributed by atoms with Gasteiger partial charge < -0.3 is 65.4 Å². The van der Waals surface area contributed by atoms with Crippen LogP contribution in [0.4, 0.5) is 0 Å². The number of hydrogen-bond acceptors (Lipinski definition) is 14. The molecule has 76 heavy (non-hydrogen) atoms. The Bertz CT molecular complexity index is 1490. The van der Waals surface area contributed by atoms with Crippen molar-refractivity contribution in [2.24, 2.45) is 0 Å². The Balaban J connectivity index is 0. The van der Waals surface area contributed by atoms with Crippen molar-refractivity contribution >= 4 is 46.5 Å². The highest BCUT2D eigenvalue weighted by Gasteiger charge is 2.42. The molecule has 2 amide bonds. The summed E-state index contributed by atoms with van der Waals surface area (Å²) in [5.41, 5.74) is 0. The fourth-order valence-electron chi connectivity index (χ4n) is 8.98. The summed E-state index contributed by atoms with van der Waals surface area (Å²) in [6, 6.07) is 0. The molecule has 18 heteroatoms. The van der Waals surface area contributed by atoms with Crippen molar-refractivity contribution < 1.29 is 58.0 Å². The monoisotopic (exact) mass is 1080 g/mol. The van der Waals surface area contributed by atoms with E-state index < -0.39 is 6.10 Å². The molecule has 1 rings (SSSR count). The Labute approximate surface area is 461 Å². The van der Waals surface area contributed by atoms with Crippen molar-refractivity contribution in [3.05, 3.63) is 0 Å². The number of aliphatic hydroxyl groups excluding tert-OH is 2. The molecule has 0 aromatic rings. The third-order valence-electron chi connectivity index (χ3n) is 13.6. The van der Waals surface area contributed by atoms with Crippen LogP contribution >= 0.6 is 0 Å². The molecule has 1 aliphatic heterocycles. The zero-order valence-electron chi connectivity index (χ0n) is 49.5. The van der Waals surface area contributed by atoms with Gasteiger partial charge in [-0.2, -0.15) is 0 Å². The van der Waals surface area contributed by atoms with Gasteiger partial charge in [-0.05, 0) is 126 Å². The van der Waals surface area contributed by atoms with Gasteiger partial charge >= 0.3 is 0 Å². The Kier molecular flexibility index (Phi) is 50.2. The molecule has 1 fully saturated rings. The zero-order chi connectivity index (χ0) is 57.2. The van der Waals surface area contributed by atoms with Crippen molar-refractivity contribution in [1.29, 1.82) is 0 Å². The van der Waals surface area contributed by atoms with E-state index in [0.29, 0.717) is 103 Å². The Morgan fingerprint density at radius 1 is 0.513 bits per heavy atom. The number of hydrogen-bond donors (Lipinski definition) is 8. The van der Waals surface area contributed by atoms with Crippen molar-refractivity contribution in [3.63, 3.8) is 0 Å². The molecule has 444 valence electrons. The van der Waals surface area contributed by atoms with E-state index in [1.54, 1.807) is 27.7 Å². The van der Waals surface area contributed by atoms with Crippen LogP contribution < -0.4 is 31.5 Å². The molecule has 1 saturated heterocycles. The molecule has 8 N–H and O–H groups in total. The smallest absolute Gasteiger partial charge is 0.220 e. The number of likely N-dealkylation sites (tertiary alicyclic amines) is 1. The summed E-state index contributed by atoms with van der Waals surface area (Å²) in [6.45, 7) is 23.5. The normalized spacial score (nSPS) is 15.5. The number of unbranched alkanes of at least 4 members (excludes halogenated alkanes) is 6. The van der Waals surface area contributed by atoms with E-state index in [2.05, 4.69) is 45.3 Å². The number of rotatable bonds is 50. The van der Waals surface area contributed by atoms with Crippen molar-refractivity contribution in [1.82, 2.24) is 31.5 Å². The third kappa shape index (κ3) is 50.2. The lowest BCUT2D eigenvalue weighted by molar-refractivity contribution is -0.970. The number of amides is 2. The summed E-state index contributed by atoms with van der Waals surface area (Å²) in [5.74, 6) is 1.41. The van der Waals surface area contributed by atoms with E-state index >= 15 is 0 Å². The van der Waals surface area contributed by atoms with Crippen LogP contribution in [0.25, 0.3) is 0 Å². The van der Waals surface area contributed by atoms with E-state index in [9.17, 15) is 48.6 Å². The molecule has 0 spiro atoms. The first-order valence-corrected chi connectivity index (χ1v) is 29.6. The molecule has 18 nitrogen and oxygen atoms in total. The van der Waals surface area contributed by atoms with E-state index in [1.807, 2.05) is 14.1 Å². The number of Topliss-reactive ketones (excluding diaryl/α,β-unsaturated/α-hetero) is 6. The van der Waals surface area contributed by atoms with Crippen LogP contribution in [0.1, 0.15) is 196 Å². The molecular weight excluding hydrogens is 969 g/mol.